The molecule has 5 heteroatoms. The van der Waals surface area contributed by atoms with E-state index < -0.39 is 6.04 Å². The zero-order chi connectivity index (χ0) is 13.8. The summed E-state index contributed by atoms with van der Waals surface area (Å²) in [6.45, 7) is 4.68. The van der Waals surface area contributed by atoms with Crippen molar-refractivity contribution in [3.63, 3.8) is 0 Å². The number of amides is 1. The van der Waals surface area contributed by atoms with E-state index in [0.29, 0.717) is 0 Å². The standard InChI is InChI=1S/C14H29N3O.ClH/c1-11(2)12(15)13(18)16-10-14(17(3)4)8-6-5-7-9-14;/h11-12H,5-10,15H2,1-4H3,(H,16,18);1H/t12-;/m1./s1. The highest BCUT2D eigenvalue weighted by Crippen LogP contribution is 2.31. The van der Waals surface area contributed by atoms with Gasteiger partial charge in [-0.05, 0) is 32.9 Å². The molecule has 3 N–H and O–H groups in total. The van der Waals surface area contributed by atoms with E-state index in [0.717, 1.165) is 19.4 Å². The van der Waals surface area contributed by atoms with Gasteiger partial charge >= 0.3 is 0 Å². The van der Waals surface area contributed by atoms with Crippen LogP contribution in [-0.2, 0) is 4.79 Å². The summed E-state index contributed by atoms with van der Waals surface area (Å²) in [5.41, 5.74) is 6.00. The molecule has 114 valence electrons. The zero-order valence-electron chi connectivity index (χ0n) is 12.7. The molecule has 1 saturated carbocycles. The van der Waals surface area contributed by atoms with Crippen LogP contribution in [0.3, 0.4) is 0 Å². The molecular weight excluding hydrogens is 262 g/mol. The highest BCUT2D eigenvalue weighted by atomic mass is 35.5. The van der Waals surface area contributed by atoms with Crippen LogP contribution in [0.4, 0.5) is 0 Å². The van der Waals surface area contributed by atoms with E-state index in [1.165, 1.54) is 19.3 Å². The molecule has 0 saturated heterocycles. The number of hydrogen-bond donors (Lipinski definition) is 2. The first kappa shape index (κ1) is 18.7. The summed E-state index contributed by atoms with van der Waals surface area (Å²) >= 11 is 0. The van der Waals surface area contributed by atoms with E-state index in [-0.39, 0.29) is 29.8 Å². The number of nitrogens with one attached hydrogen (secondary N) is 1. The van der Waals surface area contributed by atoms with E-state index in [1.54, 1.807) is 0 Å². The number of nitrogens with zero attached hydrogens (tertiary/aromatic N) is 1. The minimum Gasteiger partial charge on any atom is -0.353 e. The Morgan fingerprint density at radius 3 is 2.21 bits per heavy atom. The van der Waals surface area contributed by atoms with Gasteiger partial charge in [0.15, 0.2) is 0 Å². The van der Waals surface area contributed by atoms with Gasteiger partial charge in [-0.25, -0.2) is 0 Å². The fourth-order valence-corrected chi connectivity index (χ4v) is 2.66. The Labute approximate surface area is 123 Å². The van der Waals surface area contributed by atoms with Gasteiger partial charge < -0.3 is 16.0 Å². The van der Waals surface area contributed by atoms with Gasteiger partial charge in [-0.2, -0.15) is 0 Å². The molecule has 1 rings (SSSR count). The summed E-state index contributed by atoms with van der Waals surface area (Å²) < 4.78 is 0. The van der Waals surface area contributed by atoms with Crippen molar-refractivity contribution in [3.8, 4) is 0 Å². The van der Waals surface area contributed by atoms with Gasteiger partial charge in [0, 0.05) is 12.1 Å². The SMILES string of the molecule is CC(C)[C@@H](N)C(=O)NCC1(N(C)C)CCCCC1.Cl. The van der Waals surface area contributed by atoms with Crippen molar-refractivity contribution in [1.29, 1.82) is 0 Å². The number of hydrogen-bond acceptors (Lipinski definition) is 3. The molecule has 0 aromatic heterocycles. The first-order chi connectivity index (χ1) is 8.39. The second-order valence-electron chi connectivity index (χ2n) is 6.17. The van der Waals surface area contributed by atoms with Crippen LogP contribution in [0, 0.1) is 5.92 Å². The van der Waals surface area contributed by atoms with E-state index in [2.05, 4.69) is 24.3 Å². The number of halogens is 1. The lowest BCUT2D eigenvalue weighted by Crippen LogP contribution is -2.56. The highest BCUT2D eigenvalue weighted by molar-refractivity contribution is 5.85. The quantitative estimate of drug-likeness (QED) is 0.812. The molecule has 1 aliphatic rings. The van der Waals surface area contributed by atoms with Crippen molar-refractivity contribution in [3.05, 3.63) is 0 Å². The maximum atomic E-state index is 11.9. The Bertz CT molecular complexity index is 276. The Balaban J connectivity index is 0.00000324. The highest BCUT2D eigenvalue weighted by Gasteiger charge is 2.34. The third-order valence-corrected chi connectivity index (χ3v) is 4.35. The van der Waals surface area contributed by atoms with Crippen molar-refractivity contribution in [1.82, 2.24) is 10.2 Å². The lowest BCUT2D eigenvalue weighted by Gasteiger charge is -2.43. The third-order valence-electron chi connectivity index (χ3n) is 4.35. The van der Waals surface area contributed by atoms with E-state index >= 15 is 0 Å². The molecule has 0 aromatic rings. The summed E-state index contributed by atoms with van der Waals surface area (Å²) in [6.07, 6.45) is 6.15. The van der Waals surface area contributed by atoms with Crippen LogP contribution in [0.2, 0.25) is 0 Å². The van der Waals surface area contributed by atoms with Crippen molar-refractivity contribution in [2.45, 2.75) is 57.5 Å². The fourth-order valence-electron chi connectivity index (χ4n) is 2.66. The lowest BCUT2D eigenvalue weighted by atomic mass is 9.80. The molecule has 19 heavy (non-hydrogen) atoms. The Morgan fingerprint density at radius 2 is 1.79 bits per heavy atom. The minimum absolute atomic E-state index is 0. The van der Waals surface area contributed by atoms with Crippen LogP contribution in [0.1, 0.15) is 46.0 Å². The van der Waals surface area contributed by atoms with Crippen LogP contribution in [0.5, 0.6) is 0 Å². The molecule has 0 unspecified atom stereocenters. The average molecular weight is 292 g/mol. The van der Waals surface area contributed by atoms with Crippen LogP contribution in [0.25, 0.3) is 0 Å². The summed E-state index contributed by atoms with van der Waals surface area (Å²) in [5.74, 6) is 0.170. The monoisotopic (exact) mass is 291 g/mol. The molecule has 0 heterocycles. The third kappa shape index (κ3) is 4.93. The molecule has 0 radical (unpaired) electrons. The van der Waals surface area contributed by atoms with E-state index in [1.807, 2.05) is 13.8 Å². The van der Waals surface area contributed by atoms with Gasteiger partial charge in [-0.15, -0.1) is 12.4 Å². The summed E-state index contributed by atoms with van der Waals surface area (Å²) in [7, 11) is 4.22. The molecule has 0 bridgehead atoms. The number of carbonyl (C=O) groups excluding carboxylic acids is 1. The van der Waals surface area contributed by atoms with Crippen LogP contribution < -0.4 is 11.1 Å². The topological polar surface area (TPSA) is 58.4 Å². The fraction of sp³-hybridized carbons (Fsp3) is 0.929. The Hall–Kier alpha value is -0.320. The minimum atomic E-state index is -0.396. The smallest absolute Gasteiger partial charge is 0.237 e. The molecule has 4 nitrogen and oxygen atoms in total. The van der Waals surface area contributed by atoms with Gasteiger partial charge in [0.25, 0.3) is 0 Å². The van der Waals surface area contributed by atoms with Crippen molar-refractivity contribution in [2.75, 3.05) is 20.6 Å². The first-order valence-corrected chi connectivity index (χ1v) is 7.10. The molecule has 1 amide bonds. The average Bonchev–Trinajstić information content (AvgIpc) is 2.35. The summed E-state index contributed by atoms with van der Waals surface area (Å²) in [6, 6.07) is -0.396. The second kappa shape index (κ2) is 8.08. The number of nitrogens with two attached hydrogens (primary N) is 1. The predicted octanol–water partition coefficient (Wildman–Crippen LogP) is 1.77. The maximum Gasteiger partial charge on any atom is 0.237 e. The van der Waals surface area contributed by atoms with E-state index in [9.17, 15) is 4.79 Å². The largest absolute Gasteiger partial charge is 0.353 e. The normalized spacial score (nSPS) is 19.9. The lowest BCUT2D eigenvalue weighted by molar-refractivity contribution is -0.124. The molecule has 1 atom stereocenters. The van der Waals surface area contributed by atoms with E-state index in [4.69, 9.17) is 5.73 Å². The Morgan fingerprint density at radius 1 is 1.26 bits per heavy atom. The molecule has 0 spiro atoms. The molecule has 0 aliphatic heterocycles. The molecule has 1 fully saturated rings. The first-order valence-electron chi connectivity index (χ1n) is 7.10. The van der Waals surface area contributed by atoms with Gasteiger partial charge in [0.2, 0.25) is 5.91 Å². The number of carbonyl (C=O) groups is 1. The Kier molecular flexibility index (Phi) is 7.94. The van der Waals surface area contributed by atoms with Crippen molar-refractivity contribution < 1.29 is 4.79 Å². The summed E-state index contributed by atoms with van der Waals surface area (Å²) in [4.78, 5) is 14.2. The maximum absolute atomic E-state index is 11.9. The molecule has 1 aliphatic carbocycles. The van der Waals surface area contributed by atoms with Gasteiger partial charge in [-0.1, -0.05) is 33.1 Å². The van der Waals surface area contributed by atoms with Crippen LogP contribution in [0.15, 0.2) is 0 Å². The molecular formula is C14H30ClN3O. The van der Waals surface area contributed by atoms with Crippen LogP contribution >= 0.6 is 12.4 Å². The number of rotatable bonds is 5. The zero-order valence-corrected chi connectivity index (χ0v) is 13.6. The van der Waals surface area contributed by atoms with Gasteiger partial charge in [0.05, 0.1) is 6.04 Å². The predicted molar refractivity (Wildman–Crippen MR) is 82.6 cm³/mol. The number of likely N-dealkylation sites (N-methyl/N-ethyl adjacent to an activating group) is 1. The van der Waals surface area contributed by atoms with Crippen molar-refractivity contribution in [2.24, 2.45) is 11.7 Å². The molecule has 0 aromatic carbocycles. The van der Waals surface area contributed by atoms with Crippen LogP contribution in [-0.4, -0.2) is 43.0 Å². The second-order valence-corrected chi connectivity index (χ2v) is 6.17. The van der Waals surface area contributed by atoms with Gasteiger partial charge in [0.1, 0.15) is 0 Å². The van der Waals surface area contributed by atoms with Crippen molar-refractivity contribution >= 4 is 18.3 Å². The summed E-state index contributed by atoms with van der Waals surface area (Å²) in [5, 5.41) is 3.05. The van der Waals surface area contributed by atoms with Gasteiger partial charge in [-0.3, -0.25) is 4.79 Å².